The molecule has 7 aromatic carbocycles. The minimum absolute atomic E-state index is 0.0566. The summed E-state index contributed by atoms with van der Waals surface area (Å²) in [5, 5.41) is 91.6. The van der Waals surface area contributed by atoms with Crippen LogP contribution in [0.15, 0.2) is 93.8 Å². The highest BCUT2D eigenvalue weighted by molar-refractivity contribution is 6.30. The Balaban J connectivity index is 1.57. The van der Waals surface area contributed by atoms with Crippen molar-refractivity contribution in [3.63, 3.8) is 0 Å². The molecule has 0 atom stereocenters. The van der Waals surface area contributed by atoms with E-state index >= 15 is 0 Å². The predicted octanol–water partition coefficient (Wildman–Crippen LogP) is 8.77. The summed E-state index contributed by atoms with van der Waals surface area (Å²) < 4.78 is 12.2. The normalized spacial score (nSPS) is 12.0. The molecule has 9 aromatic rings. The number of rotatable bonds is 2. The van der Waals surface area contributed by atoms with Crippen LogP contribution in [0.2, 0.25) is 0 Å². The van der Waals surface area contributed by atoms with Crippen LogP contribution in [-0.2, 0) is 0 Å². The Morgan fingerprint density at radius 2 is 0.812 bits per heavy atom. The van der Waals surface area contributed by atoms with E-state index in [0.29, 0.717) is 27.5 Å². The van der Waals surface area contributed by atoms with Gasteiger partial charge in [0, 0.05) is 59.8 Å². The Hall–Kier alpha value is -6.94. The van der Waals surface area contributed by atoms with Gasteiger partial charge < -0.3 is 49.7 Å². The van der Waals surface area contributed by atoms with Gasteiger partial charge in [0.15, 0.2) is 23.0 Å². The second-order valence-corrected chi connectivity index (χ2v) is 11.6. The second kappa shape index (κ2) is 9.30. The fraction of sp³-hybridized carbons (Fsp3) is 0. The SMILES string of the molecule is Oc1c(O)c(O)c2c(-c3cccc4c3oc3ccccc34)c3c(O)c(O)c(O)c(O)c3c(-c3ccc4oc5ccccc5c4c3)c2c1O. The summed E-state index contributed by atoms with van der Waals surface area (Å²) in [5.41, 5.74) is 2.28. The Morgan fingerprint density at radius 3 is 1.40 bits per heavy atom. The molecule has 0 aliphatic heterocycles. The Bertz CT molecular complexity index is 2800. The van der Waals surface area contributed by atoms with Crippen molar-refractivity contribution < 1.29 is 49.7 Å². The molecule has 0 saturated heterocycles. The van der Waals surface area contributed by atoms with Gasteiger partial charge in [-0.25, -0.2) is 0 Å². The van der Waals surface area contributed by atoms with Crippen LogP contribution in [0.3, 0.4) is 0 Å². The maximum atomic E-state index is 11.6. The lowest BCUT2D eigenvalue weighted by molar-refractivity contribution is 0.350. The minimum atomic E-state index is -1.05. The van der Waals surface area contributed by atoms with Crippen LogP contribution < -0.4 is 0 Å². The second-order valence-electron chi connectivity index (χ2n) is 11.6. The van der Waals surface area contributed by atoms with Crippen LogP contribution in [-0.4, -0.2) is 40.9 Å². The van der Waals surface area contributed by atoms with Crippen LogP contribution in [0.1, 0.15) is 0 Å². The lowest BCUT2D eigenvalue weighted by atomic mass is 9.83. The number of para-hydroxylation sites is 3. The van der Waals surface area contributed by atoms with E-state index in [0.717, 1.165) is 10.8 Å². The number of furan rings is 2. The molecule has 48 heavy (non-hydrogen) atoms. The van der Waals surface area contributed by atoms with Gasteiger partial charge in [0.25, 0.3) is 0 Å². The maximum absolute atomic E-state index is 11.6. The fourth-order valence-corrected chi connectivity index (χ4v) is 7.00. The third-order valence-electron chi connectivity index (χ3n) is 9.13. The molecule has 0 fully saturated rings. The first-order chi connectivity index (χ1) is 23.2. The van der Waals surface area contributed by atoms with E-state index < -0.39 is 46.0 Å². The van der Waals surface area contributed by atoms with Crippen molar-refractivity contribution in [2.75, 3.05) is 0 Å². The zero-order chi connectivity index (χ0) is 33.2. The molecule has 0 aliphatic carbocycles. The van der Waals surface area contributed by atoms with Crippen LogP contribution >= 0.6 is 0 Å². The van der Waals surface area contributed by atoms with Crippen molar-refractivity contribution >= 4 is 65.4 Å². The highest BCUT2D eigenvalue weighted by atomic mass is 16.4. The van der Waals surface area contributed by atoms with E-state index in [1.54, 1.807) is 54.6 Å². The number of hydrogen-bond donors (Lipinski definition) is 8. The molecular weight excluding hydrogens is 616 g/mol. The van der Waals surface area contributed by atoms with Gasteiger partial charge in [-0.15, -0.1) is 0 Å². The van der Waals surface area contributed by atoms with Crippen molar-refractivity contribution in [2.45, 2.75) is 0 Å². The molecular formula is C38H22O10. The van der Waals surface area contributed by atoms with Crippen molar-refractivity contribution in [3.05, 3.63) is 84.9 Å². The Labute approximate surface area is 268 Å². The average Bonchev–Trinajstić information content (AvgIpc) is 3.68. The van der Waals surface area contributed by atoms with E-state index in [-0.39, 0.29) is 49.4 Å². The lowest BCUT2D eigenvalue weighted by Crippen LogP contribution is -1.95. The molecule has 0 radical (unpaired) electrons. The first-order valence-electron chi connectivity index (χ1n) is 14.7. The van der Waals surface area contributed by atoms with Crippen molar-refractivity contribution in [1.82, 2.24) is 0 Å². The molecule has 0 aliphatic rings. The van der Waals surface area contributed by atoms with Gasteiger partial charge in [0.1, 0.15) is 22.3 Å². The Kier molecular flexibility index (Phi) is 5.31. The number of fused-ring (bicyclic) bond motifs is 8. The number of aromatic hydroxyl groups is 8. The topological polar surface area (TPSA) is 188 Å². The molecule has 0 saturated carbocycles. The van der Waals surface area contributed by atoms with Crippen LogP contribution in [0.5, 0.6) is 46.0 Å². The van der Waals surface area contributed by atoms with Crippen molar-refractivity contribution in [1.29, 1.82) is 0 Å². The van der Waals surface area contributed by atoms with E-state index in [2.05, 4.69) is 0 Å². The van der Waals surface area contributed by atoms with Crippen molar-refractivity contribution in [2.24, 2.45) is 0 Å². The average molecular weight is 639 g/mol. The molecule has 10 heteroatoms. The highest BCUT2D eigenvalue weighted by Crippen LogP contribution is 2.62. The lowest BCUT2D eigenvalue weighted by Gasteiger charge is -2.22. The number of phenols is 8. The minimum Gasteiger partial charge on any atom is -0.504 e. The molecule has 8 N–H and O–H groups in total. The number of benzene rings is 7. The molecule has 0 unspecified atom stereocenters. The quantitative estimate of drug-likeness (QED) is 0.0516. The van der Waals surface area contributed by atoms with Gasteiger partial charge in [-0.2, -0.15) is 0 Å². The molecule has 10 nitrogen and oxygen atoms in total. The molecule has 2 heterocycles. The van der Waals surface area contributed by atoms with Gasteiger partial charge in [0.05, 0.1) is 0 Å². The van der Waals surface area contributed by atoms with Crippen LogP contribution in [0, 0.1) is 0 Å². The van der Waals surface area contributed by atoms with Crippen LogP contribution in [0.25, 0.3) is 87.7 Å². The number of phenolic OH excluding ortho intramolecular Hbond substituents is 8. The summed E-state index contributed by atoms with van der Waals surface area (Å²) in [4.78, 5) is 0. The molecule has 234 valence electrons. The predicted molar refractivity (Wildman–Crippen MR) is 180 cm³/mol. The van der Waals surface area contributed by atoms with Crippen molar-refractivity contribution in [3.8, 4) is 68.2 Å². The van der Waals surface area contributed by atoms with E-state index in [1.807, 2.05) is 30.3 Å². The van der Waals surface area contributed by atoms with Gasteiger partial charge >= 0.3 is 0 Å². The largest absolute Gasteiger partial charge is 0.504 e. The third-order valence-corrected chi connectivity index (χ3v) is 9.13. The summed E-state index contributed by atoms with van der Waals surface area (Å²) in [6, 6.07) is 24.6. The highest BCUT2D eigenvalue weighted by Gasteiger charge is 2.33. The van der Waals surface area contributed by atoms with Gasteiger partial charge in [-0.3, -0.25) is 0 Å². The molecule has 2 aromatic heterocycles. The monoisotopic (exact) mass is 638 g/mol. The molecule has 9 rings (SSSR count). The maximum Gasteiger partial charge on any atom is 0.204 e. The molecule has 0 amide bonds. The zero-order valence-corrected chi connectivity index (χ0v) is 24.5. The first-order valence-corrected chi connectivity index (χ1v) is 14.7. The summed E-state index contributed by atoms with van der Waals surface area (Å²) in [7, 11) is 0. The smallest absolute Gasteiger partial charge is 0.204 e. The zero-order valence-electron chi connectivity index (χ0n) is 24.5. The molecule has 0 bridgehead atoms. The van der Waals surface area contributed by atoms with Gasteiger partial charge in [-0.05, 0) is 29.8 Å². The summed E-state index contributed by atoms with van der Waals surface area (Å²) >= 11 is 0. The molecule has 0 spiro atoms. The van der Waals surface area contributed by atoms with Gasteiger partial charge in [0.2, 0.25) is 23.0 Å². The summed E-state index contributed by atoms with van der Waals surface area (Å²) in [6.07, 6.45) is 0. The van der Waals surface area contributed by atoms with Gasteiger partial charge in [-0.1, -0.05) is 60.7 Å². The third kappa shape index (κ3) is 3.34. The standard InChI is InChI=1S/C38H22O10/c39-30-26-24(15-12-13-23-20(14-15)17-7-2-3-10-21(17)47-23)27-29(33(42)37(46)35(44)31(27)40)25(28(26)32(41)36(45)34(30)43)19-9-5-8-18-16-6-1-4-11-22(16)48-38(18)19/h1-14,39-46H. The van der Waals surface area contributed by atoms with E-state index in [4.69, 9.17) is 8.83 Å². The Morgan fingerprint density at radius 1 is 0.354 bits per heavy atom. The number of hydrogen-bond acceptors (Lipinski definition) is 10. The van der Waals surface area contributed by atoms with E-state index in [1.165, 1.54) is 0 Å². The summed E-state index contributed by atoms with van der Waals surface area (Å²) in [5.74, 6) is -7.65. The summed E-state index contributed by atoms with van der Waals surface area (Å²) in [6.45, 7) is 0. The first kappa shape index (κ1) is 27.4. The van der Waals surface area contributed by atoms with E-state index in [9.17, 15) is 40.9 Å². The fourth-order valence-electron chi connectivity index (χ4n) is 7.00. The van der Waals surface area contributed by atoms with Crippen LogP contribution in [0.4, 0.5) is 0 Å².